The molecule has 0 atom stereocenters. The van der Waals surface area contributed by atoms with Gasteiger partial charge in [0.05, 0.1) is 0 Å². The van der Waals surface area contributed by atoms with Crippen molar-refractivity contribution >= 4 is 5.91 Å². The summed E-state index contributed by atoms with van der Waals surface area (Å²) < 4.78 is 40.5. The van der Waals surface area contributed by atoms with Crippen molar-refractivity contribution in [3.63, 3.8) is 0 Å². The van der Waals surface area contributed by atoms with Gasteiger partial charge in [0, 0.05) is 51.4 Å². The normalized spacial score (nSPS) is 16.2. The molecule has 0 radical (unpaired) electrons. The zero-order valence-electron chi connectivity index (χ0n) is 14.1. The number of nitrogens with two attached hydrogens (primary N) is 1. The molecule has 1 fully saturated rings. The average Bonchev–Trinajstić information content (AvgIpc) is 2.60. The molecule has 0 aliphatic carbocycles. The van der Waals surface area contributed by atoms with Gasteiger partial charge in [-0.05, 0) is 24.1 Å². The number of hydrogen-bond acceptors (Lipinski definition) is 4. The summed E-state index contributed by atoms with van der Waals surface area (Å²) in [4.78, 5) is 16.4. The van der Waals surface area contributed by atoms with Gasteiger partial charge in [0.15, 0.2) is 0 Å². The molecule has 1 heterocycles. The molecule has 5 nitrogen and oxygen atoms in total. The first-order valence-electron chi connectivity index (χ1n) is 8.34. The SMILES string of the molecule is NCc1ccc(C(=O)N2CCN(CCCOCC(F)(F)F)CC2)cc1. The predicted octanol–water partition coefficient (Wildman–Crippen LogP) is 1.87. The number of ether oxygens (including phenoxy) is 1. The van der Waals surface area contributed by atoms with E-state index in [9.17, 15) is 18.0 Å². The molecular weight excluding hydrogens is 335 g/mol. The lowest BCUT2D eigenvalue weighted by molar-refractivity contribution is -0.174. The molecule has 0 unspecified atom stereocenters. The number of alkyl halides is 3. The molecule has 8 heteroatoms. The first-order valence-corrected chi connectivity index (χ1v) is 8.34. The Morgan fingerprint density at radius 3 is 2.32 bits per heavy atom. The fourth-order valence-corrected chi connectivity index (χ4v) is 2.72. The quantitative estimate of drug-likeness (QED) is 0.755. The van der Waals surface area contributed by atoms with E-state index in [0.29, 0.717) is 51.3 Å². The Labute approximate surface area is 145 Å². The number of carbonyl (C=O) groups excluding carboxylic acids is 1. The van der Waals surface area contributed by atoms with Crippen LogP contribution in [0.3, 0.4) is 0 Å². The second-order valence-electron chi connectivity index (χ2n) is 6.06. The number of amides is 1. The van der Waals surface area contributed by atoms with Crippen LogP contribution in [0.4, 0.5) is 13.2 Å². The summed E-state index contributed by atoms with van der Waals surface area (Å²) in [5.41, 5.74) is 7.17. The third-order valence-corrected chi connectivity index (χ3v) is 4.12. The van der Waals surface area contributed by atoms with Gasteiger partial charge in [0.2, 0.25) is 0 Å². The Kier molecular flexibility index (Phi) is 7.22. The molecule has 1 aromatic carbocycles. The Bertz CT molecular complexity index is 541. The molecule has 1 amide bonds. The number of halogens is 3. The van der Waals surface area contributed by atoms with Crippen molar-refractivity contribution in [2.75, 3.05) is 45.9 Å². The van der Waals surface area contributed by atoms with Gasteiger partial charge in [-0.2, -0.15) is 13.2 Å². The van der Waals surface area contributed by atoms with E-state index in [0.717, 1.165) is 5.56 Å². The van der Waals surface area contributed by atoms with E-state index in [1.807, 2.05) is 12.1 Å². The van der Waals surface area contributed by atoms with Gasteiger partial charge >= 0.3 is 6.18 Å². The summed E-state index contributed by atoms with van der Waals surface area (Å²) in [6, 6.07) is 7.28. The van der Waals surface area contributed by atoms with Gasteiger partial charge < -0.3 is 15.4 Å². The van der Waals surface area contributed by atoms with Crippen LogP contribution in [0.5, 0.6) is 0 Å². The summed E-state index contributed by atoms with van der Waals surface area (Å²) in [6.07, 6.45) is -3.72. The van der Waals surface area contributed by atoms with Gasteiger partial charge in [-0.1, -0.05) is 12.1 Å². The molecule has 0 spiro atoms. The minimum Gasteiger partial charge on any atom is -0.372 e. The molecule has 25 heavy (non-hydrogen) atoms. The number of carbonyl (C=O) groups is 1. The highest BCUT2D eigenvalue weighted by atomic mass is 19.4. The second kappa shape index (κ2) is 9.17. The lowest BCUT2D eigenvalue weighted by atomic mass is 10.1. The lowest BCUT2D eigenvalue weighted by Gasteiger charge is -2.34. The number of piperazine rings is 1. The topological polar surface area (TPSA) is 58.8 Å². The van der Waals surface area contributed by atoms with E-state index in [-0.39, 0.29) is 12.5 Å². The van der Waals surface area contributed by atoms with Gasteiger partial charge in [-0.3, -0.25) is 9.69 Å². The van der Waals surface area contributed by atoms with Crippen molar-refractivity contribution < 1.29 is 22.7 Å². The highest BCUT2D eigenvalue weighted by Crippen LogP contribution is 2.14. The van der Waals surface area contributed by atoms with Crippen LogP contribution in [0.1, 0.15) is 22.3 Å². The molecule has 2 N–H and O–H groups in total. The fraction of sp³-hybridized carbons (Fsp3) is 0.588. The molecule has 1 saturated heterocycles. The van der Waals surface area contributed by atoms with E-state index in [1.54, 1.807) is 17.0 Å². The number of hydrogen-bond donors (Lipinski definition) is 1. The Hall–Kier alpha value is -1.64. The molecule has 0 saturated carbocycles. The Morgan fingerprint density at radius 2 is 1.76 bits per heavy atom. The van der Waals surface area contributed by atoms with Crippen molar-refractivity contribution in [2.24, 2.45) is 5.73 Å². The van der Waals surface area contributed by atoms with E-state index < -0.39 is 12.8 Å². The van der Waals surface area contributed by atoms with Crippen molar-refractivity contribution in [1.82, 2.24) is 9.80 Å². The summed E-state index contributed by atoms with van der Waals surface area (Å²) in [5, 5.41) is 0. The zero-order chi connectivity index (χ0) is 18.3. The van der Waals surface area contributed by atoms with Crippen LogP contribution >= 0.6 is 0 Å². The van der Waals surface area contributed by atoms with Gasteiger partial charge in [0.1, 0.15) is 6.61 Å². The molecule has 1 aromatic rings. The van der Waals surface area contributed by atoms with Gasteiger partial charge in [-0.15, -0.1) is 0 Å². The van der Waals surface area contributed by atoms with Crippen LogP contribution in [0.2, 0.25) is 0 Å². The number of nitrogens with zero attached hydrogens (tertiary/aromatic N) is 2. The molecule has 1 aliphatic rings. The molecule has 0 bridgehead atoms. The minimum absolute atomic E-state index is 0.00303. The highest BCUT2D eigenvalue weighted by Gasteiger charge is 2.27. The summed E-state index contributed by atoms with van der Waals surface area (Å²) in [7, 11) is 0. The van der Waals surface area contributed by atoms with Crippen LogP contribution in [0.25, 0.3) is 0 Å². The Balaban J connectivity index is 1.67. The van der Waals surface area contributed by atoms with Crippen LogP contribution < -0.4 is 5.73 Å². The summed E-state index contributed by atoms with van der Waals surface area (Å²) in [5.74, 6) is -0.00303. The largest absolute Gasteiger partial charge is 0.411 e. The Morgan fingerprint density at radius 1 is 1.12 bits per heavy atom. The number of rotatable bonds is 7. The van der Waals surface area contributed by atoms with Crippen molar-refractivity contribution in [2.45, 2.75) is 19.1 Å². The molecule has 2 rings (SSSR count). The predicted molar refractivity (Wildman–Crippen MR) is 88.2 cm³/mol. The number of benzene rings is 1. The highest BCUT2D eigenvalue weighted by molar-refractivity contribution is 5.94. The van der Waals surface area contributed by atoms with Crippen molar-refractivity contribution in [1.29, 1.82) is 0 Å². The summed E-state index contributed by atoms with van der Waals surface area (Å²) in [6.45, 7) is 2.66. The maximum atomic E-state index is 12.4. The molecule has 1 aliphatic heterocycles. The smallest absolute Gasteiger partial charge is 0.372 e. The fourth-order valence-electron chi connectivity index (χ4n) is 2.72. The van der Waals surface area contributed by atoms with Crippen molar-refractivity contribution in [3.05, 3.63) is 35.4 Å². The van der Waals surface area contributed by atoms with E-state index >= 15 is 0 Å². The zero-order valence-corrected chi connectivity index (χ0v) is 14.1. The monoisotopic (exact) mass is 359 g/mol. The van der Waals surface area contributed by atoms with Crippen LogP contribution in [-0.4, -0.2) is 67.8 Å². The van der Waals surface area contributed by atoms with Gasteiger partial charge in [0.25, 0.3) is 5.91 Å². The molecular formula is C17H24F3N3O2. The third-order valence-electron chi connectivity index (χ3n) is 4.12. The average molecular weight is 359 g/mol. The van der Waals surface area contributed by atoms with E-state index in [4.69, 9.17) is 5.73 Å². The first kappa shape index (κ1) is 19.7. The van der Waals surface area contributed by atoms with E-state index in [2.05, 4.69) is 9.64 Å². The van der Waals surface area contributed by atoms with E-state index in [1.165, 1.54) is 0 Å². The van der Waals surface area contributed by atoms with Crippen molar-refractivity contribution in [3.8, 4) is 0 Å². The first-order chi connectivity index (χ1) is 11.9. The standard InChI is InChI=1S/C17H24F3N3O2/c18-17(19,20)13-25-11-1-6-22-7-9-23(10-8-22)16(24)15-4-2-14(12-21)3-5-15/h2-5H,1,6-13,21H2. The lowest BCUT2D eigenvalue weighted by Crippen LogP contribution is -2.49. The minimum atomic E-state index is -4.27. The second-order valence-corrected chi connectivity index (χ2v) is 6.06. The third kappa shape index (κ3) is 6.64. The molecule has 140 valence electrons. The van der Waals surface area contributed by atoms with Crippen LogP contribution in [-0.2, 0) is 11.3 Å². The van der Waals surface area contributed by atoms with Crippen LogP contribution in [0.15, 0.2) is 24.3 Å². The van der Waals surface area contributed by atoms with Gasteiger partial charge in [-0.25, -0.2) is 0 Å². The maximum absolute atomic E-state index is 12.4. The molecule has 0 aromatic heterocycles. The summed E-state index contributed by atoms with van der Waals surface area (Å²) >= 11 is 0. The maximum Gasteiger partial charge on any atom is 0.411 e. The van der Waals surface area contributed by atoms with Crippen LogP contribution in [0, 0.1) is 0 Å².